The Morgan fingerprint density at radius 3 is 2.53 bits per heavy atom. The van der Waals surface area contributed by atoms with Crippen LogP contribution >= 0.6 is 11.6 Å². The SMILES string of the molecule is CC(C)OCCCCNCC(O)c1ccc(Cl)cc1. The molecule has 2 N–H and O–H groups in total. The summed E-state index contributed by atoms with van der Waals surface area (Å²) in [5.74, 6) is 0. The van der Waals surface area contributed by atoms with Crippen LogP contribution in [0.4, 0.5) is 0 Å². The molecule has 0 bridgehead atoms. The largest absolute Gasteiger partial charge is 0.387 e. The molecule has 1 atom stereocenters. The second-order valence-corrected chi connectivity index (χ2v) is 5.33. The van der Waals surface area contributed by atoms with E-state index in [2.05, 4.69) is 5.32 Å². The van der Waals surface area contributed by atoms with Crippen molar-refractivity contribution < 1.29 is 9.84 Å². The number of benzene rings is 1. The monoisotopic (exact) mass is 285 g/mol. The molecule has 0 aromatic heterocycles. The third-order valence-corrected chi connectivity index (χ3v) is 3.04. The third-order valence-electron chi connectivity index (χ3n) is 2.79. The number of rotatable bonds is 9. The highest BCUT2D eigenvalue weighted by atomic mass is 35.5. The number of hydrogen-bond acceptors (Lipinski definition) is 3. The summed E-state index contributed by atoms with van der Waals surface area (Å²) < 4.78 is 5.46. The van der Waals surface area contributed by atoms with Crippen molar-refractivity contribution in [3.63, 3.8) is 0 Å². The lowest BCUT2D eigenvalue weighted by Gasteiger charge is -2.12. The van der Waals surface area contributed by atoms with Crippen LogP contribution in [0.5, 0.6) is 0 Å². The topological polar surface area (TPSA) is 41.5 Å². The van der Waals surface area contributed by atoms with E-state index in [9.17, 15) is 5.11 Å². The highest BCUT2D eigenvalue weighted by molar-refractivity contribution is 6.30. The molecule has 0 radical (unpaired) electrons. The Morgan fingerprint density at radius 2 is 1.89 bits per heavy atom. The van der Waals surface area contributed by atoms with E-state index in [0.717, 1.165) is 31.6 Å². The van der Waals surface area contributed by atoms with Gasteiger partial charge in [-0.3, -0.25) is 0 Å². The average molecular weight is 286 g/mol. The fourth-order valence-corrected chi connectivity index (χ4v) is 1.84. The van der Waals surface area contributed by atoms with Crippen molar-refractivity contribution in [2.45, 2.75) is 38.9 Å². The van der Waals surface area contributed by atoms with Crippen molar-refractivity contribution in [2.75, 3.05) is 19.7 Å². The lowest BCUT2D eigenvalue weighted by atomic mass is 10.1. The van der Waals surface area contributed by atoms with Crippen LogP contribution in [0, 0.1) is 0 Å². The van der Waals surface area contributed by atoms with E-state index in [1.165, 1.54) is 0 Å². The first-order valence-corrected chi connectivity index (χ1v) is 7.23. The van der Waals surface area contributed by atoms with Crippen molar-refractivity contribution in [3.8, 4) is 0 Å². The highest BCUT2D eigenvalue weighted by Crippen LogP contribution is 2.15. The lowest BCUT2D eigenvalue weighted by molar-refractivity contribution is 0.0759. The van der Waals surface area contributed by atoms with Crippen molar-refractivity contribution in [1.29, 1.82) is 0 Å². The number of unbranched alkanes of at least 4 members (excludes halogenated alkanes) is 1. The van der Waals surface area contributed by atoms with Crippen molar-refractivity contribution >= 4 is 11.6 Å². The Bertz CT molecular complexity index is 341. The predicted molar refractivity (Wildman–Crippen MR) is 79.6 cm³/mol. The first kappa shape index (κ1) is 16.4. The van der Waals surface area contributed by atoms with E-state index < -0.39 is 6.10 Å². The molecule has 0 saturated carbocycles. The van der Waals surface area contributed by atoms with Gasteiger partial charge in [-0.25, -0.2) is 0 Å². The zero-order valence-electron chi connectivity index (χ0n) is 11.7. The van der Waals surface area contributed by atoms with E-state index >= 15 is 0 Å². The van der Waals surface area contributed by atoms with Crippen LogP contribution in [0.3, 0.4) is 0 Å². The Morgan fingerprint density at radius 1 is 1.21 bits per heavy atom. The molecule has 0 saturated heterocycles. The smallest absolute Gasteiger partial charge is 0.0914 e. The number of nitrogens with one attached hydrogen (secondary N) is 1. The summed E-state index contributed by atoms with van der Waals surface area (Å²) in [6.07, 6.45) is 1.92. The number of aliphatic hydroxyl groups excluding tert-OH is 1. The minimum atomic E-state index is -0.482. The van der Waals surface area contributed by atoms with E-state index in [4.69, 9.17) is 16.3 Å². The quantitative estimate of drug-likeness (QED) is 0.685. The van der Waals surface area contributed by atoms with Gasteiger partial charge in [-0.15, -0.1) is 0 Å². The van der Waals surface area contributed by atoms with Crippen LogP contribution in [0.25, 0.3) is 0 Å². The van der Waals surface area contributed by atoms with E-state index in [1.807, 2.05) is 26.0 Å². The molecule has 0 aliphatic heterocycles. The highest BCUT2D eigenvalue weighted by Gasteiger charge is 2.06. The number of ether oxygens (including phenoxy) is 1. The normalized spacial score (nSPS) is 12.9. The minimum absolute atomic E-state index is 0.305. The molecule has 3 nitrogen and oxygen atoms in total. The van der Waals surface area contributed by atoms with E-state index in [0.29, 0.717) is 17.7 Å². The van der Waals surface area contributed by atoms with Gasteiger partial charge in [0.1, 0.15) is 0 Å². The molecular weight excluding hydrogens is 262 g/mol. The molecular formula is C15H24ClNO2. The molecule has 1 aromatic carbocycles. The molecule has 0 aliphatic carbocycles. The Labute approximate surface area is 120 Å². The summed E-state index contributed by atoms with van der Waals surface area (Å²) in [5, 5.41) is 13.9. The summed E-state index contributed by atoms with van der Waals surface area (Å²) >= 11 is 5.80. The maximum Gasteiger partial charge on any atom is 0.0914 e. The Hall–Kier alpha value is -0.610. The molecule has 0 heterocycles. The maximum absolute atomic E-state index is 9.96. The molecule has 0 fully saturated rings. The standard InChI is InChI=1S/C15H24ClNO2/c1-12(2)19-10-4-3-9-17-11-15(18)13-5-7-14(16)8-6-13/h5-8,12,15,17-18H,3-4,9-11H2,1-2H3. The van der Waals surface area contributed by atoms with E-state index in [1.54, 1.807) is 12.1 Å². The summed E-state index contributed by atoms with van der Waals surface area (Å²) in [6, 6.07) is 7.29. The second kappa shape index (κ2) is 9.32. The Kier molecular flexibility index (Phi) is 8.07. The van der Waals surface area contributed by atoms with Gasteiger partial charge >= 0.3 is 0 Å². The van der Waals surface area contributed by atoms with Crippen LogP contribution in [-0.4, -0.2) is 30.9 Å². The molecule has 1 rings (SSSR count). The van der Waals surface area contributed by atoms with Crippen molar-refractivity contribution in [3.05, 3.63) is 34.9 Å². The summed E-state index contributed by atoms with van der Waals surface area (Å²) in [6.45, 7) is 6.35. The molecule has 0 amide bonds. The first-order chi connectivity index (χ1) is 9.09. The molecule has 0 spiro atoms. The fraction of sp³-hybridized carbons (Fsp3) is 0.600. The average Bonchev–Trinajstić information content (AvgIpc) is 2.38. The summed E-state index contributed by atoms with van der Waals surface area (Å²) in [5.41, 5.74) is 0.889. The van der Waals surface area contributed by atoms with Gasteiger partial charge in [0.15, 0.2) is 0 Å². The number of halogens is 1. The molecule has 19 heavy (non-hydrogen) atoms. The van der Waals surface area contributed by atoms with Gasteiger partial charge in [0.25, 0.3) is 0 Å². The van der Waals surface area contributed by atoms with E-state index in [-0.39, 0.29) is 0 Å². The second-order valence-electron chi connectivity index (χ2n) is 4.90. The van der Waals surface area contributed by atoms with Gasteiger partial charge in [-0.1, -0.05) is 23.7 Å². The first-order valence-electron chi connectivity index (χ1n) is 6.85. The number of hydrogen-bond donors (Lipinski definition) is 2. The maximum atomic E-state index is 9.96. The van der Waals surface area contributed by atoms with Crippen molar-refractivity contribution in [2.24, 2.45) is 0 Å². The molecule has 4 heteroatoms. The molecule has 1 aromatic rings. The zero-order chi connectivity index (χ0) is 14.1. The van der Waals surface area contributed by atoms with Gasteiger partial charge in [-0.05, 0) is 50.9 Å². The van der Waals surface area contributed by atoms with Crippen LogP contribution in [0.2, 0.25) is 5.02 Å². The molecule has 1 unspecified atom stereocenters. The third kappa shape index (κ3) is 7.53. The predicted octanol–water partition coefficient (Wildman–Crippen LogP) is 3.17. The van der Waals surface area contributed by atoms with Crippen LogP contribution in [0.15, 0.2) is 24.3 Å². The van der Waals surface area contributed by atoms with Gasteiger partial charge in [-0.2, -0.15) is 0 Å². The van der Waals surface area contributed by atoms with Gasteiger partial charge in [0.2, 0.25) is 0 Å². The van der Waals surface area contributed by atoms with Crippen LogP contribution < -0.4 is 5.32 Å². The van der Waals surface area contributed by atoms with Crippen LogP contribution in [0.1, 0.15) is 38.4 Å². The summed E-state index contributed by atoms with van der Waals surface area (Å²) in [7, 11) is 0. The van der Waals surface area contributed by atoms with Gasteiger partial charge in [0, 0.05) is 18.2 Å². The van der Waals surface area contributed by atoms with Gasteiger partial charge in [0.05, 0.1) is 12.2 Å². The fourth-order valence-electron chi connectivity index (χ4n) is 1.71. The molecule has 0 aliphatic rings. The molecule has 108 valence electrons. The Balaban J connectivity index is 2.07. The zero-order valence-corrected chi connectivity index (χ0v) is 12.5. The minimum Gasteiger partial charge on any atom is -0.387 e. The van der Waals surface area contributed by atoms with Crippen molar-refractivity contribution in [1.82, 2.24) is 5.32 Å². The lowest BCUT2D eigenvalue weighted by Crippen LogP contribution is -2.22. The van der Waals surface area contributed by atoms with Gasteiger partial charge < -0.3 is 15.2 Å². The summed E-state index contributed by atoms with van der Waals surface area (Å²) in [4.78, 5) is 0. The number of aliphatic hydroxyl groups is 1. The van der Waals surface area contributed by atoms with Crippen LogP contribution in [-0.2, 0) is 4.74 Å².